The summed E-state index contributed by atoms with van der Waals surface area (Å²) < 4.78 is 36.1. The minimum atomic E-state index is -2.95. The summed E-state index contributed by atoms with van der Waals surface area (Å²) in [5, 5.41) is 6.91. The first-order valence-electron chi connectivity index (χ1n) is 7.51. The van der Waals surface area contributed by atoms with Crippen molar-refractivity contribution in [3.63, 3.8) is 0 Å². The number of halogens is 2. The van der Waals surface area contributed by atoms with E-state index >= 15 is 0 Å². The maximum absolute atomic E-state index is 12.4. The molecular weight excluding hydrogens is 320 g/mol. The summed E-state index contributed by atoms with van der Waals surface area (Å²) in [5.41, 5.74) is 1.47. The molecule has 0 bridgehead atoms. The van der Waals surface area contributed by atoms with Crippen LogP contribution in [0.15, 0.2) is 24.4 Å². The van der Waals surface area contributed by atoms with Gasteiger partial charge in [-0.1, -0.05) is 0 Å². The fraction of sp³-hybridized carbons (Fsp3) is 0.375. The van der Waals surface area contributed by atoms with Gasteiger partial charge in [-0.3, -0.25) is 9.48 Å². The van der Waals surface area contributed by atoms with Crippen molar-refractivity contribution < 1.29 is 23.0 Å². The number of rotatable bonds is 7. The van der Waals surface area contributed by atoms with Crippen molar-refractivity contribution in [3.8, 4) is 11.5 Å². The van der Waals surface area contributed by atoms with Crippen LogP contribution in [0.1, 0.15) is 29.9 Å². The fourth-order valence-corrected chi connectivity index (χ4v) is 2.15. The third-order valence-electron chi connectivity index (χ3n) is 3.23. The molecule has 0 saturated heterocycles. The van der Waals surface area contributed by atoms with E-state index in [1.807, 2.05) is 6.92 Å². The smallest absolute Gasteiger partial charge is 0.387 e. The summed E-state index contributed by atoms with van der Waals surface area (Å²) in [6, 6.07) is 4.24. The molecule has 0 unspecified atom stereocenters. The number of aryl methyl sites for hydroxylation is 2. The SMILES string of the molecule is CCOc1cc(NC(=O)c2cn(CC)nc2C)ccc1OC(F)F. The van der Waals surface area contributed by atoms with Gasteiger partial charge in [0.05, 0.1) is 17.9 Å². The highest BCUT2D eigenvalue weighted by molar-refractivity contribution is 6.05. The molecule has 6 nitrogen and oxygen atoms in total. The van der Waals surface area contributed by atoms with Crippen molar-refractivity contribution in [3.05, 3.63) is 35.7 Å². The third kappa shape index (κ3) is 4.21. The van der Waals surface area contributed by atoms with Gasteiger partial charge in [0.25, 0.3) is 5.91 Å². The molecule has 1 N–H and O–H groups in total. The highest BCUT2D eigenvalue weighted by atomic mass is 19.3. The Morgan fingerprint density at radius 2 is 2.08 bits per heavy atom. The van der Waals surface area contributed by atoms with Gasteiger partial charge in [0.2, 0.25) is 0 Å². The van der Waals surface area contributed by atoms with E-state index in [2.05, 4.69) is 15.2 Å². The summed E-state index contributed by atoms with van der Waals surface area (Å²) in [5.74, 6) is -0.284. The quantitative estimate of drug-likeness (QED) is 0.839. The van der Waals surface area contributed by atoms with Gasteiger partial charge >= 0.3 is 6.61 Å². The average molecular weight is 339 g/mol. The normalized spacial score (nSPS) is 10.8. The molecule has 0 spiro atoms. The van der Waals surface area contributed by atoms with E-state index in [0.29, 0.717) is 23.5 Å². The van der Waals surface area contributed by atoms with Gasteiger partial charge in [-0.05, 0) is 32.9 Å². The first kappa shape index (κ1) is 17.7. The van der Waals surface area contributed by atoms with Crippen molar-refractivity contribution in [1.29, 1.82) is 0 Å². The third-order valence-corrected chi connectivity index (χ3v) is 3.23. The van der Waals surface area contributed by atoms with Gasteiger partial charge in [-0.2, -0.15) is 13.9 Å². The molecule has 24 heavy (non-hydrogen) atoms. The largest absolute Gasteiger partial charge is 0.490 e. The van der Waals surface area contributed by atoms with Crippen LogP contribution in [0, 0.1) is 6.92 Å². The number of nitrogens with one attached hydrogen (secondary N) is 1. The van der Waals surface area contributed by atoms with Gasteiger partial charge in [-0.25, -0.2) is 0 Å². The maximum atomic E-state index is 12.4. The Morgan fingerprint density at radius 3 is 2.67 bits per heavy atom. The highest BCUT2D eigenvalue weighted by Crippen LogP contribution is 2.32. The van der Waals surface area contributed by atoms with Crippen LogP contribution in [-0.4, -0.2) is 28.9 Å². The highest BCUT2D eigenvalue weighted by Gasteiger charge is 2.16. The van der Waals surface area contributed by atoms with Crippen molar-refractivity contribution in [2.45, 2.75) is 33.9 Å². The number of amides is 1. The van der Waals surface area contributed by atoms with E-state index in [4.69, 9.17) is 4.74 Å². The molecule has 1 aromatic carbocycles. The van der Waals surface area contributed by atoms with E-state index in [0.717, 1.165) is 0 Å². The molecule has 1 aromatic heterocycles. The zero-order valence-electron chi connectivity index (χ0n) is 13.7. The number of carbonyl (C=O) groups is 1. The topological polar surface area (TPSA) is 65.4 Å². The first-order valence-corrected chi connectivity index (χ1v) is 7.51. The standard InChI is InChI=1S/C16H19F2N3O3/c1-4-21-9-12(10(3)20-21)15(22)19-11-6-7-13(24-16(17)18)14(8-11)23-5-2/h6-9,16H,4-5H2,1-3H3,(H,19,22). The van der Waals surface area contributed by atoms with Crippen molar-refractivity contribution in [2.75, 3.05) is 11.9 Å². The second-order valence-electron chi connectivity index (χ2n) is 4.91. The van der Waals surface area contributed by atoms with E-state index in [9.17, 15) is 13.6 Å². The van der Waals surface area contributed by atoms with Crippen LogP contribution in [0.3, 0.4) is 0 Å². The predicted octanol–water partition coefficient (Wildman–Crippen LogP) is 3.46. The molecule has 0 fully saturated rings. The van der Waals surface area contributed by atoms with Crippen LogP contribution < -0.4 is 14.8 Å². The number of ether oxygens (including phenoxy) is 2. The molecule has 2 rings (SSSR count). The number of hydrogen-bond donors (Lipinski definition) is 1. The van der Waals surface area contributed by atoms with Crippen LogP contribution in [-0.2, 0) is 6.54 Å². The number of benzene rings is 1. The molecule has 1 amide bonds. The van der Waals surface area contributed by atoms with Crippen LogP contribution >= 0.6 is 0 Å². The van der Waals surface area contributed by atoms with E-state index in [-0.39, 0.29) is 24.0 Å². The fourth-order valence-electron chi connectivity index (χ4n) is 2.15. The minimum absolute atomic E-state index is 0.0835. The molecule has 0 aliphatic heterocycles. The summed E-state index contributed by atoms with van der Waals surface area (Å²) in [7, 11) is 0. The van der Waals surface area contributed by atoms with Gasteiger partial charge < -0.3 is 14.8 Å². The second kappa shape index (κ2) is 7.76. The van der Waals surface area contributed by atoms with Crippen LogP contribution in [0.5, 0.6) is 11.5 Å². The molecular formula is C16H19F2N3O3. The van der Waals surface area contributed by atoms with E-state index in [1.165, 1.54) is 18.2 Å². The molecule has 0 aliphatic carbocycles. The number of carbonyl (C=O) groups excluding carboxylic acids is 1. The van der Waals surface area contributed by atoms with Gasteiger partial charge in [-0.15, -0.1) is 0 Å². The van der Waals surface area contributed by atoms with Crippen LogP contribution in [0.25, 0.3) is 0 Å². The second-order valence-corrected chi connectivity index (χ2v) is 4.91. The Labute approximate surface area is 138 Å². The Morgan fingerprint density at radius 1 is 1.33 bits per heavy atom. The predicted molar refractivity (Wildman–Crippen MR) is 84.8 cm³/mol. The Bertz CT molecular complexity index is 717. The summed E-state index contributed by atoms with van der Waals surface area (Å²) in [6.07, 6.45) is 1.66. The zero-order chi connectivity index (χ0) is 17.7. The van der Waals surface area contributed by atoms with Crippen molar-refractivity contribution in [1.82, 2.24) is 9.78 Å². The monoisotopic (exact) mass is 339 g/mol. The van der Waals surface area contributed by atoms with E-state index < -0.39 is 6.61 Å². The molecule has 1 heterocycles. The number of hydrogen-bond acceptors (Lipinski definition) is 4. The number of nitrogens with zero attached hydrogens (tertiary/aromatic N) is 2. The average Bonchev–Trinajstić information content (AvgIpc) is 2.91. The van der Waals surface area contributed by atoms with Crippen molar-refractivity contribution >= 4 is 11.6 Å². The minimum Gasteiger partial charge on any atom is -0.490 e. The van der Waals surface area contributed by atoms with Gasteiger partial charge in [0, 0.05) is 24.5 Å². The molecule has 0 radical (unpaired) electrons. The Kier molecular flexibility index (Phi) is 5.73. The van der Waals surface area contributed by atoms with Crippen LogP contribution in [0.4, 0.5) is 14.5 Å². The lowest BCUT2D eigenvalue weighted by molar-refractivity contribution is -0.0514. The number of aromatic nitrogens is 2. The van der Waals surface area contributed by atoms with Gasteiger partial charge in [0.1, 0.15) is 0 Å². The molecule has 2 aromatic rings. The first-order chi connectivity index (χ1) is 11.4. The molecule has 0 atom stereocenters. The molecule has 8 heteroatoms. The zero-order valence-corrected chi connectivity index (χ0v) is 13.7. The molecule has 0 aliphatic rings. The molecule has 130 valence electrons. The number of alkyl halides is 2. The summed E-state index contributed by atoms with van der Waals surface area (Å²) in [4.78, 5) is 12.3. The van der Waals surface area contributed by atoms with Gasteiger partial charge in [0.15, 0.2) is 11.5 Å². The Balaban J connectivity index is 2.20. The lowest BCUT2D eigenvalue weighted by Gasteiger charge is -2.13. The summed E-state index contributed by atoms with van der Waals surface area (Å²) >= 11 is 0. The lowest BCUT2D eigenvalue weighted by atomic mass is 10.2. The molecule has 0 saturated carbocycles. The summed E-state index contributed by atoms with van der Waals surface area (Å²) in [6.45, 7) is 3.37. The van der Waals surface area contributed by atoms with Crippen LogP contribution in [0.2, 0.25) is 0 Å². The Hall–Kier alpha value is -2.64. The van der Waals surface area contributed by atoms with E-state index in [1.54, 1.807) is 24.7 Å². The van der Waals surface area contributed by atoms with Crippen molar-refractivity contribution in [2.24, 2.45) is 0 Å². The number of anilines is 1. The lowest BCUT2D eigenvalue weighted by Crippen LogP contribution is -2.13. The maximum Gasteiger partial charge on any atom is 0.387 e.